The fourth-order valence-electron chi connectivity index (χ4n) is 2.50. The lowest BCUT2D eigenvalue weighted by Gasteiger charge is -2.12. The second kappa shape index (κ2) is 8.92. The molecule has 0 aliphatic heterocycles. The van der Waals surface area contributed by atoms with Gasteiger partial charge < -0.3 is 9.47 Å². The van der Waals surface area contributed by atoms with Crippen LogP contribution >= 0.6 is 0 Å². The van der Waals surface area contributed by atoms with Crippen molar-refractivity contribution in [3.05, 3.63) is 69.8 Å². The number of methoxy groups -OCH3 is 1. The average Bonchev–Trinajstić information content (AvgIpc) is 2.60. The molecule has 0 bridgehead atoms. The molecule has 26 heavy (non-hydrogen) atoms. The summed E-state index contributed by atoms with van der Waals surface area (Å²) in [5.74, 6) is 0.557. The molecule has 0 aliphatic rings. The van der Waals surface area contributed by atoms with E-state index in [1.165, 1.54) is 19.2 Å². The van der Waals surface area contributed by atoms with Gasteiger partial charge in [0, 0.05) is 31.2 Å². The fourth-order valence-corrected chi connectivity index (χ4v) is 2.50. The van der Waals surface area contributed by atoms with Gasteiger partial charge in [-0.1, -0.05) is 11.6 Å². The van der Waals surface area contributed by atoms with Gasteiger partial charge in [-0.25, -0.2) is 0 Å². The Kier molecular flexibility index (Phi) is 6.63. The predicted octanol–water partition coefficient (Wildman–Crippen LogP) is 4.32. The molecule has 0 atom stereocenters. The molecule has 0 saturated carbocycles. The summed E-state index contributed by atoms with van der Waals surface area (Å²) >= 11 is 0. The van der Waals surface area contributed by atoms with E-state index in [0.717, 1.165) is 22.3 Å². The number of ketones is 1. The Morgan fingerprint density at radius 1 is 1.12 bits per heavy atom. The first-order valence-corrected chi connectivity index (χ1v) is 8.08. The first-order chi connectivity index (χ1) is 12.4. The smallest absolute Gasteiger partial charge is 0.269 e. The Hall–Kier alpha value is -2.99. The minimum Gasteiger partial charge on any atom is -0.467 e. The number of nitro groups is 1. The van der Waals surface area contributed by atoms with Crippen molar-refractivity contribution in [2.45, 2.75) is 20.3 Å². The third-order valence-electron chi connectivity index (χ3n) is 3.62. The Morgan fingerprint density at radius 2 is 1.77 bits per heavy atom. The molecule has 0 unspecified atom stereocenters. The number of non-ortho nitro benzene ring substituents is 1. The number of ether oxygens (including phenoxy) is 2. The summed E-state index contributed by atoms with van der Waals surface area (Å²) < 4.78 is 10.5. The number of hydrogen-bond acceptors (Lipinski definition) is 5. The topological polar surface area (TPSA) is 78.7 Å². The van der Waals surface area contributed by atoms with Gasteiger partial charge in [-0.15, -0.1) is 0 Å². The first kappa shape index (κ1) is 19.3. The standard InChI is InChI=1S/C20H21NO5/c1-14(2)10-19(22)12-17-11-16(6-9-20(17)26-13-25-3)15-4-7-18(8-5-15)21(23)24/h4-11H,12-13H2,1-3H3. The molecule has 0 amide bonds. The van der Waals surface area contributed by atoms with Crippen LogP contribution in [-0.4, -0.2) is 24.6 Å². The van der Waals surface area contributed by atoms with Gasteiger partial charge in [-0.3, -0.25) is 14.9 Å². The lowest BCUT2D eigenvalue weighted by atomic mass is 9.99. The summed E-state index contributed by atoms with van der Waals surface area (Å²) in [6, 6.07) is 11.8. The molecule has 0 fully saturated rings. The predicted molar refractivity (Wildman–Crippen MR) is 99.2 cm³/mol. The van der Waals surface area contributed by atoms with E-state index < -0.39 is 4.92 Å². The number of nitro benzene ring substituents is 1. The summed E-state index contributed by atoms with van der Waals surface area (Å²) in [6.07, 6.45) is 1.80. The van der Waals surface area contributed by atoms with E-state index in [1.807, 2.05) is 26.0 Å². The quantitative estimate of drug-likeness (QED) is 0.305. The van der Waals surface area contributed by atoms with Crippen molar-refractivity contribution in [1.82, 2.24) is 0 Å². The SMILES string of the molecule is COCOc1ccc(-c2ccc([N+](=O)[O-])cc2)cc1CC(=O)C=C(C)C. The molecule has 0 aromatic heterocycles. The molecule has 136 valence electrons. The van der Waals surface area contributed by atoms with E-state index in [1.54, 1.807) is 24.3 Å². The van der Waals surface area contributed by atoms with Crippen molar-refractivity contribution >= 4 is 11.5 Å². The van der Waals surface area contributed by atoms with Crippen molar-refractivity contribution in [1.29, 1.82) is 0 Å². The molecule has 0 heterocycles. The van der Waals surface area contributed by atoms with Gasteiger partial charge in [0.25, 0.3) is 5.69 Å². The molecule has 6 nitrogen and oxygen atoms in total. The summed E-state index contributed by atoms with van der Waals surface area (Å²) in [5.41, 5.74) is 3.38. The number of allylic oxidation sites excluding steroid dienone is 2. The molecular weight excluding hydrogens is 334 g/mol. The van der Waals surface area contributed by atoms with Gasteiger partial charge in [0.05, 0.1) is 4.92 Å². The summed E-state index contributed by atoms with van der Waals surface area (Å²) in [4.78, 5) is 22.5. The Labute approximate surface area is 152 Å². The minimum atomic E-state index is -0.436. The van der Waals surface area contributed by atoms with Crippen molar-refractivity contribution in [3.8, 4) is 16.9 Å². The van der Waals surface area contributed by atoms with Gasteiger partial charge >= 0.3 is 0 Å². The van der Waals surface area contributed by atoms with Crippen LogP contribution in [0.1, 0.15) is 19.4 Å². The third kappa shape index (κ3) is 5.26. The summed E-state index contributed by atoms with van der Waals surface area (Å²) in [5, 5.41) is 10.8. The van der Waals surface area contributed by atoms with E-state index in [-0.39, 0.29) is 24.7 Å². The Bertz CT molecular complexity index is 821. The maximum absolute atomic E-state index is 12.2. The van der Waals surface area contributed by atoms with Crippen LogP contribution in [0.3, 0.4) is 0 Å². The van der Waals surface area contributed by atoms with Crippen LogP contribution in [0.5, 0.6) is 5.75 Å². The van der Waals surface area contributed by atoms with E-state index >= 15 is 0 Å². The Balaban J connectivity index is 2.36. The highest BCUT2D eigenvalue weighted by atomic mass is 16.7. The van der Waals surface area contributed by atoms with Crippen LogP contribution in [0.15, 0.2) is 54.1 Å². The van der Waals surface area contributed by atoms with Crippen LogP contribution in [0, 0.1) is 10.1 Å². The summed E-state index contributed by atoms with van der Waals surface area (Å²) in [7, 11) is 1.53. The van der Waals surface area contributed by atoms with Crippen LogP contribution in [0.4, 0.5) is 5.69 Å². The second-order valence-electron chi connectivity index (χ2n) is 6.04. The zero-order chi connectivity index (χ0) is 19.1. The summed E-state index contributed by atoms with van der Waals surface area (Å²) in [6.45, 7) is 3.82. The zero-order valence-electron chi connectivity index (χ0n) is 15.0. The molecule has 0 radical (unpaired) electrons. The van der Waals surface area contributed by atoms with Crippen molar-refractivity contribution < 1.29 is 19.2 Å². The van der Waals surface area contributed by atoms with Crippen LogP contribution in [0.25, 0.3) is 11.1 Å². The molecule has 0 aliphatic carbocycles. The number of nitrogens with zero attached hydrogens (tertiary/aromatic N) is 1. The normalized spacial score (nSPS) is 10.3. The second-order valence-corrected chi connectivity index (χ2v) is 6.04. The maximum atomic E-state index is 12.2. The molecule has 2 rings (SSSR count). The van der Waals surface area contributed by atoms with Gasteiger partial charge in [-0.05, 0) is 55.3 Å². The van der Waals surface area contributed by atoms with Gasteiger partial charge in [0.2, 0.25) is 0 Å². The molecule has 2 aromatic carbocycles. The highest BCUT2D eigenvalue weighted by Gasteiger charge is 2.11. The van der Waals surface area contributed by atoms with Crippen molar-refractivity contribution in [3.63, 3.8) is 0 Å². The third-order valence-corrected chi connectivity index (χ3v) is 3.62. The van der Waals surface area contributed by atoms with Gasteiger partial charge in [0.1, 0.15) is 5.75 Å². The Morgan fingerprint density at radius 3 is 2.35 bits per heavy atom. The zero-order valence-corrected chi connectivity index (χ0v) is 15.0. The number of benzene rings is 2. The molecule has 0 spiro atoms. The lowest BCUT2D eigenvalue weighted by molar-refractivity contribution is -0.384. The fraction of sp³-hybridized carbons (Fsp3) is 0.250. The van der Waals surface area contributed by atoms with E-state index in [2.05, 4.69) is 0 Å². The highest BCUT2D eigenvalue weighted by Crippen LogP contribution is 2.29. The van der Waals surface area contributed by atoms with Crippen LogP contribution < -0.4 is 4.74 Å². The monoisotopic (exact) mass is 355 g/mol. The molecule has 0 N–H and O–H groups in total. The van der Waals surface area contributed by atoms with E-state index in [4.69, 9.17) is 9.47 Å². The number of hydrogen-bond donors (Lipinski definition) is 0. The van der Waals surface area contributed by atoms with Crippen LogP contribution in [0.2, 0.25) is 0 Å². The first-order valence-electron chi connectivity index (χ1n) is 8.08. The number of carbonyl (C=O) groups excluding carboxylic acids is 1. The number of rotatable bonds is 8. The van der Waals surface area contributed by atoms with Gasteiger partial charge in [0.15, 0.2) is 12.6 Å². The highest BCUT2D eigenvalue weighted by molar-refractivity contribution is 5.92. The molecule has 6 heteroatoms. The molecule has 0 saturated heterocycles. The average molecular weight is 355 g/mol. The van der Waals surface area contributed by atoms with Crippen LogP contribution in [-0.2, 0) is 16.0 Å². The molecule has 2 aromatic rings. The largest absolute Gasteiger partial charge is 0.467 e. The van der Waals surface area contributed by atoms with Crippen molar-refractivity contribution in [2.24, 2.45) is 0 Å². The number of carbonyl (C=O) groups is 1. The lowest BCUT2D eigenvalue weighted by Crippen LogP contribution is -2.05. The van der Waals surface area contributed by atoms with Crippen molar-refractivity contribution in [2.75, 3.05) is 13.9 Å². The maximum Gasteiger partial charge on any atom is 0.269 e. The van der Waals surface area contributed by atoms with Gasteiger partial charge in [-0.2, -0.15) is 0 Å². The minimum absolute atomic E-state index is 0.0203. The van der Waals surface area contributed by atoms with E-state index in [0.29, 0.717) is 5.75 Å². The van der Waals surface area contributed by atoms with E-state index in [9.17, 15) is 14.9 Å². The molecular formula is C20H21NO5.